The zero-order valence-electron chi connectivity index (χ0n) is 17.2. The van der Waals surface area contributed by atoms with Gasteiger partial charge in [-0.25, -0.2) is 4.79 Å². The van der Waals surface area contributed by atoms with Gasteiger partial charge in [-0.1, -0.05) is 6.92 Å². The number of carbonyl (C=O) groups is 1. The lowest BCUT2D eigenvalue weighted by Gasteiger charge is -2.20. The van der Waals surface area contributed by atoms with E-state index >= 15 is 0 Å². The largest absolute Gasteiger partial charge is 0.465 e. The minimum absolute atomic E-state index is 0.292. The van der Waals surface area contributed by atoms with Gasteiger partial charge < -0.3 is 15.0 Å². The van der Waals surface area contributed by atoms with Crippen LogP contribution in [0.1, 0.15) is 52.3 Å². The summed E-state index contributed by atoms with van der Waals surface area (Å²) >= 11 is 7.25. The summed E-state index contributed by atoms with van der Waals surface area (Å²) in [5, 5.41) is 9.18. The number of aryl methyl sites for hydroxylation is 2. The molecule has 3 rings (SSSR count). The van der Waals surface area contributed by atoms with E-state index in [0.29, 0.717) is 23.1 Å². The van der Waals surface area contributed by atoms with Gasteiger partial charge >= 0.3 is 5.97 Å². The molecule has 0 aliphatic heterocycles. The molecule has 0 aromatic carbocycles. The van der Waals surface area contributed by atoms with Gasteiger partial charge in [0, 0.05) is 36.8 Å². The fourth-order valence-corrected chi connectivity index (χ4v) is 5.18. The SMILES string of the molecule is CCn1cc(CN(C)C(=S)Nc2sc3c(c2C(=O)OC)CCC(C)C3)c(C)n1. The number of fused-ring (bicyclic) bond motifs is 1. The van der Waals surface area contributed by atoms with Crippen molar-refractivity contribution in [3.05, 3.63) is 33.5 Å². The van der Waals surface area contributed by atoms with E-state index in [9.17, 15) is 4.79 Å². The molecule has 0 fully saturated rings. The average Bonchev–Trinajstić information content (AvgIpc) is 3.20. The average molecular weight is 421 g/mol. The third kappa shape index (κ3) is 4.22. The molecule has 2 heterocycles. The molecule has 152 valence electrons. The minimum Gasteiger partial charge on any atom is -0.465 e. The number of nitrogens with one attached hydrogen (secondary N) is 1. The molecule has 2 aromatic rings. The van der Waals surface area contributed by atoms with Crippen LogP contribution < -0.4 is 5.32 Å². The third-order valence-electron chi connectivity index (χ3n) is 5.25. The van der Waals surface area contributed by atoms with E-state index < -0.39 is 0 Å². The van der Waals surface area contributed by atoms with Crippen LogP contribution in [-0.2, 0) is 30.7 Å². The molecule has 6 nitrogen and oxygen atoms in total. The molecular formula is C20H28N4O2S2. The first kappa shape index (κ1) is 20.8. The van der Waals surface area contributed by atoms with Gasteiger partial charge in [-0.3, -0.25) is 4.68 Å². The van der Waals surface area contributed by atoms with Gasteiger partial charge in [-0.05, 0) is 56.8 Å². The van der Waals surface area contributed by atoms with Gasteiger partial charge in [0.25, 0.3) is 0 Å². The van der Waals surface area contributed by atoms with Crippen LogP contribution in [0.15, 0.2) is 6.20 Å². The zero-order chi connectivity index (χ0) is 20.4. The van der Waals surface area contributed by atoms with Crippen molar-refractivity contribution in [3.63, 3.8) is 0 Å². The van der Waals surface area contributed by atoms with E-state index in [2.05, 4.69) is 30.5 Å². The maximum atomic E-state index is 12.4. The number of thiocarbonyl (C=S) groups is 1. The van der Waals surface area contributed by atoms with E-state index in [1.54, 1.807) is 11.3 Å². The lowest BCUT2D eigenvalue weighted by molar-refractivity contribution is 0.0601. The zero-order valence-corrected chi connectivity index (χ0v) is 18.8. The summed E-state index contributed by atoms with van der Waals surface area (Å²) in [6.45, 7) is 7.84. The van der Waals surface area contributed by atoms with Crippen molar-refractivity contribution in [2.24, 2.45) is 5.92 Å². The van der Waals surface area contributed by atoms with Crippen molar-refractivity contribution in [1.82, 2.24) is 14.7 Å². The lowest BCUT2D eigenvalue weighted by Crippen LogP contribution is -2.31. The number of rotatable bonds is 5. The topological polar surface area (TPSA) is 59.4 Å². The highest BCUT2D eigenvalue weighted by Crippen LogP contribution is 2.40. The third-order valence-corrected chi connectivity index (χ3v) is 6.83. The molecule has 28 heavy (non-hydrogen) atoms. The summed E-state index contributed by atoms with van der Waals surface area (Å²) < 4.78 is 6.99. The number of nitrogens with zero attached hydrogens (tertiary/aromatic N) is 3. The predicted molar refractivity (Wildman–Crippen MR) is 117 cm³/mol. The van der Waals surface area contributed by atoms with Crippen molar-refractivity contribution >= 4 is 39.6 Å². The molecule has 1 aliphatic carbocycles. The molecule has 8 heteroatoms. The molecule has 2 aromatic heterocycles. The Hall–Kier alpha value is -1.93. The number of anilines is 1. The molecule has 0 spiro atoms. The van der Waals surface area contributed by atoms with Crippen LogP contribution in [-0.4, -0.2) is 39.9 Å². The highest BCUT2D eigenvalue weighted by Gasteiger charge is 2.28. The monoisotopic (exact) mass is 420 g/mol. The van der Waals surface area contributed by atoms with Gasteiger partial charge in [-0.15, -0.1) is 11.3 Å². The van der Waals surface area contributed by atoms with E-state index in [0.717, 1.165) is 47.6 Å². The second kappa shape index (κ2) is 8.61. The van der Waals surface area contributed by atoms with Gasteiger partial charge in [0.1, 0.15) is 5.00 Å². The Morgan fingerprint density at radius 3 is 2.93 bits per heavy atom. The standard InChI is InChI=1S/C20H28N4O2S2/c1-6-24-11-14(13(3)22-24)10-23(4)20(27)21-18-17(19(25)26-5)15-8-7-12(2)9-16(15)28-18/h11-12H,6-10H2,1-5H3,(H,21,27). The number of hydrogen-bond donors (Lipinski definition) is 1. The van der Waals surface area contributed by atoms with Crippen molar-refractivity contribution in [2.75, 3.05) is 19.5 Å². The van der Waals surface area contributed by atoms with E-state index in [4.69, 9.17) is 17.0 Å². The molecule has 1 aliphatic rings. The van der Waals surface area contributed by atoms with Crippen LogP contribution in [0.25, 0.3) is 0 Å². The molecule has 0 radical (unpaired) electrons. The summed E-state index contributed by atoms with van der Waals surface area (Å²) in [5.41, 5.74) is 3.93. The minimum atomic E-state index is -0.292. The van der Waals surface area contributed by atoms with Crippen molar-refractivity contribution < 1.29 is 9.53 Å². The maximum Gasteiger partial charge on any atom is 0.341 e. The molecule has 1 N–H and O–H groups in total. The fraction of sp³-hybridized carbons (Fsp3) is 0.550. The Bertz CT molecular complexity index is 887. The molecule has 1 unspecified atom stereocenters. The van der Waals surface area contributed by atoms with Crippen LogP contribution in [0.4, 0.5) is 5.00 Å². The molecular weight excluding hydrogens is 392 g/mol. The highest BCUT2D eigenvalue weighted by atomic mass is 32.1. The number of carbonyl (C=O) groups excluding carboxylic acids is 1. The van der Waals surface area contributed by atoms with Crippen molar-refractivity contribution in [2.45, 2.75) is 53.1 Å². The number of thiophene rings is 1. The normalized spacial score (nSPS) is 15.8. The second-order valence-corrected chi connectivity index (χ2v) is 8.92. The smallest absolute Gasteiger partial charge is 0.341 e. The number of aromatic nitrogens is 2. The quantitative estimate of drug-likeness (QED) is 0.583. The Balaban J connectivity index is 1.79. The first-order valence-electron chi connectivity index (χ1n) is 9.61. The van der Waals surface area contributed by atoms with Crippen LogP contribution in [0, 0.1) is 12.8 Å². The summed E-state index contributed by atoms with van der Waals surface area (Å²) in [6.07, 6.45) is 5.07. The van der Waals surface area contributed by atoms with Crippen LogP contribution in [0.3, 0.4) is 0 Å². The number of methoxy groups -OCH3 is 1. The Morgan fingerprint density at radius 2 is 2.29 bits per heavy atom. The highest BCUT2D eigenvalue weighted by molar-refractivity contribution is 7.80. The molecule has 1 atom stereocenters. The van der Waals surface area contributed by atoms with E-state index in [1.807, 2.05) is 23.6 Å². The second-order valence-electron chi connectivity index (χ2n) is 7.43. The summed E-state index contributed by atoms with van der Waals surface area (Å²) in [7, 11) is 3.38. The van der Waals surface area contributed by atoms with Gasteiger partial charge in [-0.2, -0.15) is 5.10 Å². The summed E-state index contributed by atoms with van der Waals surface area (Å²) in [4.78, 5) is 15.7. The predicted octanol–water partition coefficient (Wildman–Crippen LogP) is 4.01. The Kier molecular flexibility index (Phi) is 6.40. The Labute approximate surface area is 175 Å². The first-order chi connectivity index (χ1) is 13.3. The molecule has 0 bridgehead atoms. The molecule has 0 amide bonds. The number of hydrogen-bond acceptors (Lipinski definition) is 5. The number of esters is 1. The summed E-state index contributed by atoms with van der Waals surface area (Å²) in [5.74, 6) is 0.345. The molecule has 0 saturated heterocycles. The van der Waals surface area contributed by atoms with Crippen molar-refractivity contribution in [1.29, 1.82) is 0 Å². The molecule has 0 saturated carbocycles. The van der Waals surface area contributed by atoms with E-state index in [-0.39, 0.29) is 5.97 Å². The lowest BCUT2D eigenvalue weighted by atomic mass is 9.88. The van der Waals surface area contributed by atoms with Crippen LogP contribution in [0.2, 0.25) is 0 Å². The number of ether oxygens (including phenoxy) is 1. The summed E-state index contributed by atoms with van der Waals surface area (Å²) in [6, 6.07) is 0. The van der Waals surface area contributed by atoms with Crippen LogP contribution in [0.5, 0.6) is 0 Å². The van der Waals surface area contributed by atoms with Gasteiger partial charge in [0.05, 0.1) is 18.4 Å². The van der Waals surface area contributed by atoms with Crippen LogP contribution >= 0.6 is 23.6 Å². The fourth-order valence-electron chi connectivity index (χ4n) is 3.55. The maximum absolute atomic E-state index is 12.4. The van der Waals surface area contributed by atoms with E-state index in [1.165, 1.54) is 12.0 Å². The van der Waals surface area contributed by atoms with Gasteiger partial charge in [0.15, 0.2) is 5.11 Å². The first-order valence-corrected chi connectivity index (χ1v) is 10.8. The van der Waals surface area contributed by atoms with Gasteiger partial charge in [0.2, 0.25) is 0 Å². The Morgan fingerprint density at radius 1 is 1.54 bits per heavy atom. The van der Waals surface area contributed by atoms with Crippen molar-refractivity contribution in [3.8, 4) is 0 Å².